The molecule has 10 heteroatoms. The highest BCUT2D eigenvalue weighted by Gasteiger charge is 2.19. The monoisotopic (exact) mass is 426 g/mol. The summed E-state index contributed by atoms with van der Waals surface area (Å²) >= 11 is 6.31. The van der Waals surface area contributed by atoms with Gasteiger partial charge in [0.2, 0.25) is 5.95 Å². The van der Waals surface area contributed by atoms with Gasteiger partial charge in [0.1, 0.15) is 0 Å². The van der Waals surface area contributed by atoms with E-state index in [0.29, 0.717) is 41.8 Å². The first kappa shape index (κ1) is 22.0. The van der Waals surface area contributed by atoms with Crippen LogP contribution in [0.15, 0.2) is 33.9 Å². The Labute approximate surface area is 173 Å². The predicted molar refractivity (Wildman–Crippen MR) is 115 cm³/mol. The third-order valence-electron chi connectivity index (χ3n) is 4.55. The zero-order valence-electron chi connectivity index (χ0n) is 15.8. The van der Waals surface area contributed by atoms with Gasteiger partial charge in [-0.2, -0.15) is 4.98 Å². The minimum Gasteiger partial charge on any atom is -0.356 e. The van der Waals surface area contributed by atoms with E-state index < -0.39 is 5.69 Å². The van der Waals surface area contributed by atoms with Crippen LogP contribution in [0.4, 0.5) is 5.95 Å². The summed E-state index contributed by atoms with van der Waals surface area (Å²) < 4.78 is 4.25. The molecule has 3 N–H and O–H groups in total. The Morgan fingerprint density at radius 3 is 2.54 bits per heavy atom. The number of fused-ring (bicyclic) bond motifs is 1. The van der Waals surface area contributed by atoms with E-state index in [0.717, 1.165) is 23.0 Å². The van der Waals surface area contributed by atoms with Gasteiger partial charge < -0.3 is 11.1 Å². The summed E-state index contributed by atoms with van der Waals surface area (Å²) in [6.45, 7) is 1.65. The highest BCUT2D eigenvalue weighted by atomic mass is 35.5. The maximum absolute atomic E-state index is 12.8. The van der Waals surface area contributed by atoms with Crippen LogP contribution in [-0.4, -0.2) is 31.8 Å². The van der Waals surface area contributed by atoms with Crippen LogP contribution >= 0.6 is 24.0 Å². The van der Waals surface area contributed by atoms with Crippen molar-refractivity contribution >= 4 is 41.1 Å². The summed E-state index contributed by atoms with van der Waals surface area (Å²) in [6, 6.07) is 7.45. The summed E-state index contributed by atoms with van der Waals surface area (Å²) in [5, 5.41) is 3.87. The molecular formula is C18H24Cl2N6O2. The first-order valence-electron chi connectivity index (χ1n) is 8.79. The van der Waals surface area contributed by atoms with E-state index in [2.05, 4.69) is 10.3 Å². The van der Waals surface area contributed by atoms with E-state index in [9.17, 15) is 9.59 Å². The second-order valence-electron chi connectivity index (χ2n) is 6.41. The fourth-order valence-electron chi connectivity index (χ4n) is 3.00. The van der Waals surface area contributed by atoms with Crippen LogP contribution in [0.3, 0.4) is 0 Å². The number of unbranched alkanes of at least 4 members (excludes halogenated alkanes) is 1. The highest BCUT2D eigenvalue weighted by Crippen LogP contribution is 2.22. The van der Waals surface area contributed by atoms with Crippen LogP contribution in [0.5, 0.6) is 0 Å². The van der Waals surface area contributed by atoms with E-state index >= 15 is 0 Å². The number of hydrogen-bond acceptors (Lipinski definition) is 5. The molecule has 2 heterocycles. The highest BCUT2D eigenvalue weighted by molar-refractivity contribution is 6.31. The normalized spacial score (nSPS) is 10.9. The summed E-state index contributed by atoms with van der Waals surface area (Å²) in [7, 11) is 3.07. The van der Waals surface area contributed by atoms with Gasteiger partial charge in [0, 0.05) is 25.7 Å². The van der Waals surface area contributed by atoms with Gasteiger partial charge in [-0.1, -0.05) is 29.8 Å². The number of nitrogens with two attached hydrogens (primary N) is 1. The molecular weight excluding hydrogens is 403 g/mol. The quantitative estimate of drug-likeness (QED) is 0.560. The van der Waals surface area contributed by atoms with Gasteiger partial charge in [0.25, 0.3) is 5.56 Å². The van der Waals surface area contributed by atoms with Gasteiger partial charge in [-0.05, 0) is 31.0 Å². The van der Waals surface area contributed by atoms with Gasteiger partial charge in [-0.25, -0.2) is 4.79 Å². The standard InChI is InChI=1S/C18H23ClN6O2.ClH/c1-23-15-14(16(26)24(2)18(23)27)25(11-12-7-3-4-8-13(12)19)17(22-15)21-10-6-5-9-20;/h3-4,7-8H,5-6,9-11,20H2,1-2H3,(H,21,22);1H. The second-order valence-corrected chi connectivity index (χ2v) is 6.82. The number of imidazole rings is 1. The van der Waals surface area contributed by atoms with Crippen molar-refractivity contribution in [1.29, 1.82) is 0 Å². The molecule has 0 saturated carbocycles. The fourth-order valence-corrected chi connectivity index (χ4v) is 3.20. The average molecular weight is 427 g/mol. The van der Waals surface area contributed by atoms with Crippen LogP contribution in [-0.2, 0) is 20.6 Å². The molecule has 0 bridgehead atoms. The first-order chi connectivity index (χ1) is 13.0. The van der Waals surface area contributed by atoms with Crippen molar-refractivity contribution in [2.45, 2.75) is 19.4 Å². The number of benzene rings is 1. The molecule has 3 aromatic rings. The smallest absolute Gasteiger partial charge is 0.332 e. The molecule has 8 nitrogen and oxygen atoms in total. The maximum atomic E-state index is 12.8. The number of aromatic nitrogens is 4. The van der Waals surface area contributed by atoms with E-state index in [-0.39, 0.29) is 18.0 Å². The molecule has 1 aromatic carbocycles. The van der Waals surface area contributed by atoms with Crippen molar-refractivity contribution in [3.8, 4) is 0 Å². The zero-order valence-corrected chi connectivity index (χ0v) is 17.4. The van der Waals surface area contributed by atoms with E-state index in [1.807, 2.05) is 18.2 Å². The van der Waals surface area contributed by atoms with Crippen molar-refractivity contribution in [2.75, 3.05) is 18.4 Å². The molecule has 3 rings (SSSR count). The lowest BCUT2D eigenvalue weighted by molar-refractivity contribution is 0.702. The van der Waals surface area contributed by atoms with Gasteiger partial charge in [0.15, 0.2) is 11.2 Å². The second kappa shape index (κ2) is 9.27. The lowest BCUT2D eigenvalue weighted by atomic mass is 10.2. The molecule has 28 heavy (non-hydrogen) atoms. The third kappa shape index (κ3) is 4.09. The zero-order chi connectivity index (χ0) is 19.6. The van der Waals surface area contributed by atoms with Crippen molar-refractivity contribution in [3.63, 3.8) is 0 Å². The Morgan fingerprint density at radius 2 is 1.86 bits per heavy atom. The summed E-state index contributed by atoms with van der Waals surface area (Å²) in [5.41, 5.74) is 6.31. The number of anilines is 1. The number of hydrogen-bond donors (Lipinski definition) is 2. The molecule has 0 radical (unpaired) electrons. The summed E-state index contributed by atoms with van der Waals surface area (Å²) in [4.78, 5) is 29.6. The van der Waals surface area contributed by atoms with Crippen molar-refractivity contribution < 1.29 is 0 Å². The van der Waals surface area contributed by atoms with Crippen LogP contribution in [0.1, 0.15) is 18.4 Å². The third-order valence-corrected chi connectivity index (χ3v) is 4.92. The summed E-state index contributed by atoms with van der Waals surface area (Å²) in [5.74, 6) is 0.528. The molecule has 0 amide bonds. The SMILES string of the molecule is Cl.Cn1c(=O)c2c(nc(NCCCCN)n2Cc2ccccc2Cl)n(C)c1=O. The topological polar surface area (TPSA) is 99.9 Å². The van der Waals surface area contributed by atoms with Gasteiger partial charge in [-0.3, -0.25) is 18.5 Å². The lowest BCUT2D eigenvalue weighted by Gasteiger charge is -2.12. The Balaban J connectivity index is 0.00000280. The van der Waals surface area contributed by atoms with E-state index in [1.165, 1.54) is 11.6 Å². The average Bonchev–Trinajstić information content (AvgIpc) is 3.02. The molecule has 152 valence electrons. The molecule has 0 aliphatic rings. The van der Waals surface area contributed by atoms with Crippen LogP contribution in [0, 0.1) is 0 Å². The largest absolute Gasteiger partial charge is 0.356 e. The van der Waals surface area contributed by atoms with Gasteiger partial charge in [0.05, 0.1) is 6.54 Å². The molecule has 0 spiro atoms. The first-order valence-corrected chi connectivity index (χ1v) is 9.17. The van der Waals surface area contributed by atoms with Gasteiger partial charge >= 0.3 is 5.69 Å². The van der Waals surface area contributed by atoms with Crippen LogP contribution < -0.4 is 22.3 Å². The molecule has 2 aromatic heterocycles. The Bertz CT molecular complexity index is 1090. The minimum absolute atomic E-state index is 0. The van der Waals surface area contributed by atoms with Crippen LogP contribution in [0.2, 0.25) is 5.02 Å². The number of halogens is 2. The Kier molecular flexibility index (Phi) is 7.29. The lowest BCUT2D eigenvalue weighted by Crippen LogP contribution is -2.37. The maximum Gasteiger partial charge on any atom is 0.332 e. The molecule has 0 atom stereocenters. The molecule has 0 saturated heterocycles. The molecule has 0 aliphatic carbocycles. The number of rotatable bonds is 7. The molecule has 0 fully saturated rings. The Hall–Kier alpha value is -2.29. The number of nitrogens with one attached hydrogen (secondary N) is 1. The van der Waals surface area contributed by atoms with E-state index in [4.69, 9.17) is 17.3 Å². The van der Waals surface area contributed by atoms with Crippen molar-refractivity contribution in [2.24, 2.45) is 19.8 Å². The summed E-state index contributed by atoms with van der Waals surface area (Å²) in [6.07, 6.45) is 1.76. The van der Waals surface area contributed by atoms with Crippen LogP contribution in [0.25, 0.3) is 11.2 Å². The molecule has 0 aliphatic heterocycles. The molecule has 0 unspecified atom stereocenters. The van der Waals surface area contributed by atoms with Crippen molar-refractivity contribution in [3.05, 3.63) is 55.7 Å². The van der Waals surface area contributed by atoms with Crippen molar-refractivity contribution in [1.82, 2.24) is 18.7 Å². The minimum atomic E-state index is -0.412. The van der Waals surface area contributed by atoms with Gasteiger partial charge in [-0.15, -0.1) is 12.4 Å². The predicted octanol–water partition coefficient (Wildman–Crippen LogP) is 1.71. The number of aryl methyl sites for hydroxylation is 1. The number of nitrogens with zero attached hydrogens (tertiary/aromatic N) is 4. The fraction of sp³-hybridized carbons (Fsp3) is 0.389. The Morgan fingerprint density at radius 1 is 1.14 bits per heavy atom. The van der Waals surface area contributed by atoms with E-state index in [1.54, 1.807) is 17.7 Å².